The van der Waals surface area contributed by atoms with E-state index in [1.54, 1.807) is 19.1 Å². The lowest BCUT2D eigenvalue weighted by Crippen LogP contribution is -2.37. The highest BCUT2D eigenvalue weighted by Crippen LogP contribution is 2.39. The number of nitrogens with zero attached hydrogens (tertiary/aromatic N) is 2. The van der Waals surface area contributed by atoms with Gasteiger partial charge in [0.1, 0.15) is 17.4 Å². The highest BCUT2D eigenvalue weighted by Gasteiger charge is 2.32. The van der Waals surface area contributed by atoms with Crippen molar-refractivity contribution in [2.45, 2.75) is 32.7 Å². The zero-order valence-corrected chi connectivity index (χ0v) is 23.4. The third-order valence-corrected chi connectivity index (χ3v) is 7.14. The van der Waals surface area contributed by atoms with E-state index in [4.69, 9.17) is 21.0 Å². The molecule has 0 saturated carbocycles. The predicted molar refractivity (Wildman–Crippen MR) is 158 cm³/mol. The average molecular weight is 578 g/mol. The second-order valence-electron chi connectivity index (χ2n) is 9.51. The maximum atomic E-state index is 14.6. The quantitative estimate of drug-likeness (QED) is 0.187. The second kappa shape index (κ2) is 11.1. The van der Waals surface area contributed by atoms with Crippen LogP contribution in [0.3, 0.4) is 0 Å². The summed E-state index contributed by atoms with van der Waals surface area (Å²) in [5, 5.41) is 8.62. The van der Waals surface area contributed by atoms with Crippen LogP contribution in [-0.4, -0.2) is 22.0 Å². The van der Waals surface area contributed by atoms with Crippen LogP contribution in [0.4, 0.5) is 16.1 Å². The fraction of sp³-hybridized carbons (Fsp3) is 0.172. The monoisotopic (exact) mass is 577 g/mol. The summed E-state index contributed by atoms with van der Waals surface area (Å²) >= 11 is 10.7. The number of fused-ring (bicyclic) bond motifs is 1. The van der Waals surface area contributed by atoms with Crippen molar-refractivity contribution in [1.82, 2.24) is 10.3 Å². The van der Waals surface area contributed by atoms with Gasteiger partial charge in [-0.2, -0.15) is 4.98 Å². The number of rotatable bonds is 6. The number of halogens is 2. The van der Waals surface area contributed by atoms with Gasteiger partial charge in [0, 0.05) is 21.8 Å². The summed E-state index contributed by atoms with van der Waals surface area (Å²) in [6.07, 6.45) is 0. The number of benzene rings is 3. The Kier molecular flexibility index (Phi) is 7.64. The van der Waals surface area contributed by atoms with E-state index in [0.717, 1.165) is 11.6 Å². The molecule has 0 radical (unpaired) electrons. The number of amides is 1. The standard InChI is InChI=1S/C29H25ClFN5O3S/c1-14(2)17-7-6-8-18(24(17)30)25-23(26(37)33-21-13-16(27(38)40)11-12-19(21)31)15(3)32-28(35-25)36-29-34-20-9-4-5-10-22(20)39-29/h4-14,25H,1-3H3,(H,33,37)(H,38,40)(H2,32,34,35,36). The van der Waals surface area contributed by atoms with Crippen LogP contribution in [0.1, 0.15) is 54.2 Å². The molecule has 2 heterocycles. The smallest absolute Gasteiger partial charge is 0.302 e. The minimum atomic E-state index is -0.864. The summed E-state index contributed by atoms with van der Waals surface area (Å²) in [6.45, 7) is 5.74. The number of allylic oxidation sites excluding steroid dienone is 1. The number of hydrogen-bond donors (Lipinski definition) is 4. The summed E-state index contributed by atoms with van der Waals surface area (Å²) in [5.74, 6) is -0.917. The molecule has 11 heteroatoms. The molecular formula is C29H25ClFN5O3S. The van der Waals surface area contributed by atoms with Gasteiger partial charge in [-0.05, 0) is 48.7 Å². The molecule has 204 valence electrons. The van der Waals surface area contributed by atoms with Gasteiger partial charge in [0.05, 0.1) is 11.3 Å². The number of anilines is 2. The lowest BCUT2D eigenvalue weighted by Gasteiger charge is -2.27. The minimum Gasteiger partial charge on any atom is -0.423 e. The zero-order chi connectivity index (χ0) is 28.6. The molecule has 0 spiro atoms. The number of oxazole rings is 1. The van der Waals surface area contributed by atoms with Gasteiger partial charge in [0.2, 0.25) is 11.1 Å². The first-order valence-corrected chi connectivity index (χ1v) is 13.3. The van der Waals surface area contributed by atoms with Crippen LogP contribution in [0.25, 0.3) is 11.1 Å². The van der Waals surface area contributed by atoms with Crippen molar-refractivity contribution in [2.24, 2.45) is 4.99 Å². The molecule has 0 fully saturated rings. The van der Waals surface area contributed by atoms with Gasteiger partial charge in [0.25, 0.3) is 5.91 Å². The Balaban J connectivity index is 1.55. The summed E-state index contributed by atoms with van der Waals surface area (Å²) in [5.41, 5.74) is 3.39. The fourth-order valence-electron chi connectivity index (χ4n) is 4.46. The lowest BCUT2D eigenvalue weighted by molar-refractivity contribution is -0.113. The molecule has 1 aliphatic heterocycles. The SMILES string of the molecule is CC1=C(C(=O)Nc2cc(C(=O)S)ccc2F)C(c2cccc(C(C)C)c2Cl)N=C(Nc2nc3ccccc3o2)N1. The van der Waals surface area contributed by atoms with E-state index in [9.17, 15) is 14.0 Å². The normalized spacial score (nSPS) is 15.2. The van der Waals surface area contributed by atoms with Crippen LogP contribution in [0, 0.1) is 5.82 Å². The van der Waals surface area contributed by atoms with Crippen molar-refractivity contribution in [2.75, 3.05) is 10.6 Å². The molecule has 0 bridgehead atoms. The van der Waals surface area contributed by atoms with Crippen LogP contribution in [0.5, 0.6) is 0 Å². The van der Waals surface area contributed by atoms with E-state index < -0.39 is 22.9 Å². The molecule has 8 nitrogen and oxygen atoms in total. The zero-order valence-electron chi connectivity index (χ0n) is 21.8. The first kappa shape index (κ1) is 27.4. The number of guanidine groups is 1. The molecule has 4 aromatic rings. The number of aromatic nitrogens is 1. The Hall–Kier alpha value is -4.15. The van der Waals surface area contributed by atoms with Crippen molar-refractivity contribution >= 4 is 64.0 Å². The van der Waals surface area contributed by atoms with E-state index in [2.05, 4.69) is 33.6 Å². The minimum absolute atomic E-state index is 0.119. The third kappa shape index (κ3) is 5.45. The number of para-hydroxylation sites is 2. The fourth-order valence-corrected chi connectivity index (χ4v) is 5.04. The maximum absolute atomic E-state index is 14.6. The Labute approximate surface area is 240 Å². The van der Waals surface area contributed by atoms with Crippen LogP contribution < -0.4 is 16.0 Å². The predicted octanol–water partition coefficient (Wildman–Crippen LogP) is 6.84. The van der Waals surface area contributed by atoms with E-state index in [-0.39, 0.29) is 34.7 Å². The molecule has 1 unspecified atom stereocenters. The summed E-state index contributed by atoms with van der Waals surface area (Å²) in [4.78, 5) is 34.6. The number of carbonyl (C=O) groups excluding carboxylic acids is 2. The number of thiol groups is 1. The molecule has 3 aromatic carbocycles. The van der Waals surface area contributed by atoms with Gasteiger partial charge < -0.3 is 15.1 Å². The average Bonchev–Trinajstić information content (AvgIpc) is 3.31. The summed E-state index contributed by atoms with van der Waals surface area (Å²) in [7, 11) is 0. The van der Waals surface area contributed by atoms with Gasteiger partial charge in [-0.3, -0.25) is 14.9 Å². The highest BCUT2D eigenvalue weighted by molar-refractivity contribution is 7.97. The van der Waals surface area contributed by atoms with Gasteiger partial charge in [-0.1, -0.05) is 55.8 Å². The van der Waals surface area contributed by atoms with Crippen molar-refractivity contribution in [3.8, 4) is 0 Å². The van der Waals surface area contributed by atoms with E-state index in [1.165, 1.54) is 12.1 Å². The number of aliphatic imine (C=N–C) groups is 1. The molecule has 3 N–H and O–H groups in total. The van der Waals surface area contributed by atoms with Crippen molar-refractivity contribution in [3.63, 3.8) is 0 Å². The topological polar surface area (TPSA) is 109 Å². The Morgan fingerprint density at radius 1 is 1.12 bits per heavy atom. The number of hydrogen-bond acceptors (Lipinski definition) is 7. The van der Waals surface area contributed by atoms with Crippen molar-refractivity contribution < 1.29 is 18.4 Å². The van der Waals surface area contributed by atoms with E-state index in [0.29, 0.717) is 27.4 Å². The molecule has 40 heavy (non-hydrogen) atoms. The van der Waals surface area contributed by atoms with Crippen LogP contribution >= 0.6 is 24.2 Å². The van der Waals surface area contributed by atoms with Gasteiger partial charge in [0.15, 0.2) is 5.58 Å². The largest absolute Gasteiger partial charge is 0.423 e. The van der Waals surface area contributed by atoms with Crippen molar-refractivity contribution in [3.05, 3.63) is 99.5 Å². The molecule has 1 amide bonds. The van der Waals surface area contributed by atoms with Gasteiger partial charge in [-0.25, -0.2) is 9.38 Å². The van der Waals surface area contributed by atoms with E-state index >= 15 is 0 Å². The first-order chi connectivity index (χ1) is 19.1. The van der Waals surface area contributed by atoms with Crippen molar-refractivity contribution in [1.29, 1.82) is 0 Å². The lowest BCUT2D eigenvalue weighted by atomic mass is 9.92. The highest BCUT2D eigenvalue weighted by atomic mass is 35.5. The number of carbonyl (C=O) groups is 2. The summed E-state index contributed by atoms with van der Waals surface area (Å²) < 4.78 is 20.4. The molecule has 1 aliphatic rings. The van der Waals surface area contributed by atoms with Crippen LogP contribution in [-0.2, 0) is 4.79 Å². The van der Waals surface area contributed by atoms with Crippen LogP contribution in [0.15, 0.2) is 81.3 Å². The van der Waals surface area contributed by atoms with Crippen LogP contribution in [0.2, 0.25) is 5.02 Å². The summed E-state index contributed by atoms with van der Waals surface area (Å²) in [6, 6.07) is 15.9. The first-order valence-electron chi connectivity index (χ1n) is 12.4. The Morgan fingerprint density at radius 3 is 2.62 bits per heavy atom. The molecule has 1 aromatic heterocycles. The Morgan fingerprint density at radius 2 is 1.90 bits per heavy atom. The molecule has 5 rings (SSSR count). The molecule has 0 saturated heterocycles. The Bertz CT molecular complexity index is 1680. The maximum Gasteiger partial charge on any atom is 0.302 e. The van der Waals surface area contributed by atoms with E-state index in [1.807, 2.05) is 44.2 Å². The molecule has 0 aliphatic carbocycles. The van der Waals surface area contributed by atoms with Gasteiger partial charge in [-0.15, -0.1) is 12.6 Å². The third-order valence-electron chi connectivity index (χ3n) is 6.44. The molecule has 1 atom stereocenters. The molecular weight excluding hydrogens is 553 g/mol. The number of nitrogens with one attached hydrogen (secondary N) is 3. The van der Waals surface area contributed by atoms with Gasteiger partial charge >= 0.3 is 6.01 Å². The second-order valence-corrected chi connectivity index (χ2v) is 10.3.